The molecule has 0 aromatic heterocycles. The van der Waals surface area contributed by atoms with E-state index in [9.17, 15) is 9.18 Å². The maximum atomic E-state index is 13.6. The van der Waals surface area contributed by atoms with E-state index in [2.05, 4.69) is 0 Å². The third-order valence-electron chi connectivity index (χ3n) is 3.26. The molecule has 0 aliphatic carbocycles. The predicted molar refractivity (Wildman–Crippen MR) is 91.6 cm³/mol. The van der Waals surface area contributed by atoms with Gasteiger partial charge in [-0.15, -0.1) is 11.8 Å². The van der Waals surface area contributed by atoms with E-state index in [0.29, 0.717) is 22.2 Å². The van der Waals surface area contributed by atoms with E-state index in [-0.39, 0.29) is 17.5 Å². The topological polar surface area (TPSA) is 29.5 Å². The summed E-state index contributed by atoms with van der Waals surface area (Å²) in [6.45, 7) is 0.375. The van der Waals surface area contributed by atoms with E-state index < -0.39 is 0 Å². The van der Waals surface area contributed by atoms with Gasteiger partial charge in [-0.1, -0.05) is 23.7 Å². The van der Waals surface area contributed by atoms with E-state index in [0.717, 1.165) is 5.56 Å². The fraction of sp³-hybridized carbons (Fsp3) is 0.235. The molecule has 0 heterocycles. The second kappa shape index (κ2) is 8.22. The van der Waals surface area contributed by atoms with Crippen LogP contribution in [0.1, 0.15) is 5.56 Å². The molecule has 0 atom stereocenters. The monoisotopic (exact) mass is 353 g/mol. The van der Waals surface area contributed by atoms with Gasteiger partial charge in [-0.3, -0.25) is 4.79 Å². The third kappa shape index (κ3) is 4.88. The van der Waals surface area contributed by atoms with Crippen molar-refractivity contribution in [1.82, 2.24) is 4.90 Å². The van der Waals surface area contributed by atoms with Gasteiger partial charge in [-0.25, -0.2) is 4.39 Å². The van der Waals surface area contributed by atoms with Crippen LogP contribution in [0.25, 0.3) is 0 Å². The van der Waals surface area contributed by atoms with Gasteiger partial charge in [0.1, 0.15) is 11.6 Å². The molecular weight excluding hydrogens is 337 g/mol. The molecule has 122 valence electrons. The summed E-state index contributed by atoms with van der Waals surface area (Å²) in [5, 5.41) is 0.586. The number of hydrogen-bond donors (Lipinski definition) is 0. The Hall–Kier alpha value is -1.72. The Kier molecular flexibility index (Phi) is 6.30. The first-order chi connectivity index (χ1) is 11.0. The zero-order valence-corrected chi connectivity index (χ0v) is 14.5. The summed E-state index contributed by atoms with van der Waals surface area (Å²) in [4.78, 5) is 14.3. The number of halogens is 2. The molecule has 0 aliphatic heterocycles. The second-order valence-electron chi connectivity index (χ2n) is 4.93. The number of ether oxygens (including phenoxy) is 1. The maximum Gasteiger partial charge on any atom is 0.232 e. The molecule has 0 saturated carbocycles. The highest BCUT2D eigenvalue weighted by Gasteiger charge is 2.14. The van der Waals surface area contributed by atoms with Crippen LogP contribution >= 0.6 is 23.4 Å². The second-order valence-corrected chi connectivity index (χ2v) is 6.38. The average Bonchev–Trinajstić information content (AvgIpc) is 2.54. The van der Waals surface area contributed by atoms with Crippen molar-refractivity contribution in [3.05, 3.63) is 58.9 Å². The molecule has 0 saturated heterocycles. The van der Waals surface area contributed by atoms with Crippen molar-refractivity contribution in [2.75, 3.05) is 19.9 Å². The van der Waals surface area contributed by atoms with Gasteiger partial charge in [-0.05, 0) is 30.3 Å². The first-order valence-electron chi connectivity index (χ1n) is 6.95. The van der Waals surface area contributed by atoms with Crippen LogP contribution in [-0.4, -0.2) is 30.7 Å². The summed E-state index contributed by atoms with van der Waals surface area (Å²) in [6.07, 6.45) is 0. The smallest absolute Gasteiger partial charge is 0.232 e. The summed E-state index contributed by atoms with van der Waals surface area (Å²) >= 11 is 7.17. The number of benzene rings is 2. The Morgan fingerprint density at radius 2 is 2.04 bits per heavy atom. The van der Waals surface area contributed by atoms with Gasteiger partial charge >= 0.3 is 0 Å². The summed E-state index contributed by atoms with van der Waals surface area (Å²) in [7, 11) is 3.27. The maximum absolute atomic E-state index is 13.6. The molecule has 0 fully saturated rings. The molecule has 0 radical (unpaired) electrons. The van der Waals surface area contributed by atoms with Gasteiger partial charge in [0.15, 0.2) is 0 Å². The summed E-state index contributed by atoms with van der Waals surface area (Å²) in [5.41, 5.74) is 0.826. The van der Waals surface area contributed by atoms with Crippen LogP contribution in [0.15, 0.2) is 47.4 Å². The van der Waals surface area contributed by atoms with Crippen molar-refractivity contribution in [3.8, 4) is 5.75 Å². The Morgan fingerprint density at radius 1 is 1.30 bits per heavy atom. The Balaban J connectivity index is 1.98. The van der Waals surface area contributed by atoms with Crippen molar-refractivity contribution in [2.24, 2.45) is 0 Å². The molecule has 2 rings (SSSR count). The van der Waals surface area contributed by atoms with E-state index >= 15 is 0 Å². The lowest BCUT2D eigenvalue weighted by molar-refractivity contribution is -0.127. The minimum Gasteiger partial charge on any atom is -0.496 e. The molecule has 3 nitrogen and oxygen atoms in total. The number of carbonyl (C=O) groups excluding carboxylic acids is 1. The number of amides is 1. The summed E-state index contributed by atoms with van der Waals surface area (Å²) in [5.74, 6) is 0.431. The van der Waals surface area contributed by atoms with E-state index in [1.54, 1.807) is 55.5 Å². The van der Waals surface area contributed by atoms with Crippen molar-refractivity contribution in [1.29, 1.82) is 0 Å². The van der Waals surface area contributed by atoms with Crippen molar-refractivity contribution < 1.29 is 13.9 Å². The summed E-state index contributed by atoms with van der Waals surface area (Å²) in [6, 6.07) is 11.7. The highest BCUT2D eigenvalue weighted by Crippen LogP contribution is 2.25. The Labute approximate surface area is 144 Å². The normalized spacial score (nSPS) is 10.4. The first-order valence-corrected chi connectivity index (χ1v) is 8.31. The number of carbonyl (C=O) groups is 1. The van der Waals surface area contributed by atoms with Gasteiger partial charge in [0, 0.05) is 29.1 Å². The van der Waals surface area contributed by atoms with E-state index in [4.69, 9.17) is 16.3 Å². The molecule has 0 bridgehead atoms. The zero-order chi connectivity index (χ0) is 16.8. The number of hydrogen-bond acceptors (Lipinski definition) is 3. The molecule has 2 aromatic carbocycles. The fourth-order valence-corrected chi connectivity index (χ4v) is 3.10. The van der Waals surface area contributed by atoms with E-state index in [1.807, 2.05) is 0 Å². The van der Waals surface area contributed by atoms with Crippen LogP contribution in [0.5, 0.6) is 5.75 Å². The Bertz CT molecular complexity index is 696. The standard InChI is InChI=1S/C17H17ClFNO2S/c1-20(10-12-9-13(18)7-8-15(12)22-2)17(21)11-23-16-6-4-3-5-14(16)19/h3-9H,10-11H2,1-2H3. The van der Waals surface area contributed by atoms with Crippen LogP contribution in [-0.2, 0) is 11.3 Å². The molecule has 2 aromatic rings. The Morgan fingerprint density at radius 3 is 2.74 bits per heavy atom. The highest BCUT2D eigenvalue weighted by atomic mass is 35.5. The molecule has 0 N–H and O–H groups in total. The molecule has 23 heavy (non-hydrogen) atoms. The van der Waals surface area contributed by atoms with Crippen molar-refractivity contribution >= 4 is 29.3 Å². The lowest BCUT2D eigenvalue weighted by atomic mass is 10.2. The van der Waals surface area contributed by atoms with Crippen molar-refractivity contribution in [2.45, 2.75) is 11.4 Å². The van der Waals surface area contributed by atoms with Gasteiger partial charge in [0.2, 0.25) is 5.91 Å². The highest BCUT2D eigenvalue weighted by molar-refractivity contribution is 8.00. The quantitative estimate of drug-likeness (QED) is 0.727. The fourth-order valence-electron chi connectivity index (χ4n) is 2.03. The molecule has 6 heteroatoms. The first kappa shape index (κ1) is 17.6. The van der Waals surface area contributed by atoms with Gasteiger partial charge in [0.05, 0.1) is 12.9 Å². The SMILES string of the molecule is COc1ccc(Cl)cc1CN(C)C(=O)CSc1ccccc1F. The molecular formula is C17H17ClFNO2S. The molecule has 1 amide bonds. The van der Waals surface area contributed by atoms with Crippen LogP contribution in [0.2, 0.25) is 5.02 Å². The average molecular weight is 354 g/mol. The van der Waals surface area contributed by atoms with Gasteiger partial charge < -0.3 is 9.64 Å². The number of nitrogens with zero attached hydrogens (tertiary/aromatic N) is 1. The van der Waals surface area contributed by atoms with Crippen LogP contribution in [0.4, 0.5) is 4.39 Å². The third-order valence-corrected chi connectivity index (χ3v) is 4.53. The van der Waals surface area contributed by atoms with Gasteiger partial charge in [0.25, 0.3) is 0 Å². The number of rotatable bonds is 6. The van der Waals surface area contributed by atoms with Crippen LogP contribution in [0.3, 0.4) is 0 Å². The minimum absolute atomic E-state index is 0.0970. The van der Waals surface area contributed by atoms with Crippen molar-refractivity contribution in [3.63, 3.8) is 0 Å². The molecule has 0 unspecified atom stereocenters. The predicted octanol–water partition coefficient (Wildman–Crippen LogP) is 4.24. The van der Waals surface area contributed by atoms with Crippen LogP contribution < -0.4 is 4.74 Å². The minimum atomic E-state index is -0.315. The summed E-state index contributed by atoms with van der Waals surface area (Å²) < 4.78 is 18.8. The number of methoxy groups -OCH3 is 1. The van der Waals surface area contributed by atoms with Gasteiger partial charge in [-0.2, -0.15) is 0 Å². The number of thioether (sulfide) groups is 1. The van der Waals surface area contributed by atoms with E-state index in [1.165, 1.54) is 17.8 Å². The lowest BCUT2D eigenvalue weighted by Gasteiger charge is -2.19. The largest absolute Gasteiger partial charge is 0.496 e. The molecule has 0 spiro atoms. The lowest BCUT2D eigenvalue weighted by Crippen LogP contribution is -2.28. The van der Waals surface area contributed by atoms with Crippen LogP contribution in [0, 0.1) is 5.82 Å². The zero-order valence-electron chi connectivity index (χ0n) is 12.9. The molecule has 0 aliphatic rings.